The Hall–Kier alpha value is -2.10. The Morgan fingerprint density at radius 3 is 2.75 bits per heavy atom. The van der Waals surface area contributed by atoms with Gasteiger partial charge in [-0.3, -0.25) is 9.59 Å². The molecule has 3 aliphatic carbocycles. The molecular formula is C24H30O4. The molecule has 0 radical (unpaired) electrons. The maximum Gasteiger partial charge on any atom is 0.310 e. The second kappa shape index (κ2) is 6.75. The molecule has 1 aliphatic heterocycles. The van der Waals surface area contributed by atoms with E-state index in [0.29, 0.717) is 31.1 Å². The predicted octanol–water partition coefficient (Wildman–Crippen LogP) is 4.68. The van der Waals surface area contributed by atoms with Gasteiger partial charge >= 0.3 is 5.97 Å². The van der Waals surface area contributed by atoms with E-state index < -0.39 is 0 Å². The number of allylic oxidation sites excluding steroid dienone is 2. The van der Waals surface area contributed by atoms with Gasteiger partial charge in [-0.2, -0.15) is 0 Å². The molecule has 0 aromatic rings. The van der Waals surface area contributed by atoms with Crippen molar-refractivity contribution in [1.29, 1.82) is 0 Å². The zero-order valence-electron chi connectivity index (χ0n) is 17.3. The Morgan fingerprint density at radius 1 is 1.18 bits per heavy atom. The number of hydrogen-bond acceptors (Lipinski definition) is 4. The van der Waals surface area contributed by atoms with Crippen molar-refractivity contribution >= 4 is 11.8 Å². The second-order valence-corrected chi connectivity index (χ2v) is 9.47. The van der Waals surface area contributed by atoms with Crippen LogP contribution < -0.4 is 0 Å². The van der Waals surface area contributed by atoms with Crippen LogP contribution in [-0.2, 0) is 19.1 Å². The van der Waals surface area contributed by atoms with Gasteiger partial charge in [-0.15, -0.1) is 0 Å². The largest absolute Gasteiger partial charge is 0.493 e. The highest BCUT2D eigenvalue weighted by atomic mass is 16.5. The third kappa shape index (κ3) is 3.07. The molecule has 4 nitrogen and oxygen atoms in total. The summed E-state index contributed by atoms with van der Waals surface area (Å²) in [6.07, 6.45) is 12.6. The monoisotopic (exact) mass is 382 g/mol. The van der Waals surface area contributed by atoms with Crippen molar-refractivity contribution in [3.8, 4) is 0 Å². The van der Waals surface area contributed by atoms with Gasteiger partial charge in [0.15, 0.2) is 0 Å². The number of esters is 1. The van der Waals surface area contributed by atoms with Crippen molar-refractivity contribution in [2.75, 3.05) is 6.61 Å². The zero-order valence-corrected chi connectivity index (χ0v) is 17.3. The lowest BCUT2D eigenvalue weighted by Crippen LogP contribution is -2.53. The molecule has 0 aromatic heterocycles. The molecular weight excluding hydrogens is 352 g/mol. The Balaban J connectivity index is 1.52. The van der Waals surface area contributed by atoms with E-state index in [9.17, 15) is 9.59 Å². The van der Waals surface area contributed by atoms with Gasteiger partial charge in [-0.25, -0.2) is 0 Å². The van der Waals surface area contributed by atoms with Gasteiger partial charge in [-0.05, 0) is 42.7 Å². The summed E-state index contributed by atoms with van der Waals surface area (Å²) in [4.78, 5) is 24.1. The van der Waals surface area contributed by atoms with E-state index in [-0.39, 0.29) is 28.8 Å². The normalized spacial score (nSPS) is 36.4. The zero-order chi connectivity index (χ0) is 20.1. The molecule has 4 atom stereocenters. The third-order valence-electron chi connectivity index (χ3n) is 7.56. The molecule has 0 spiro atoms. The first-order valence-electron chi connectivity index (χ1n) is 10.3. The predicted molar refractivity (Wildman–Crippen MR) is 107 cm³/mol. The van der Waals surface area contributed by atoms with Gasteiger partial charge in [0.2, 0.25) is 0 Å². The average Bonchev–Trinajstić information content (AvgIpc) is 2.64. The maximum atomic E-state index is 12.5. The fourth-order valence-corrected chi connectivity index (χ4v) is 5.69. The summed E-state index contributed by atoms with van der Waals surface area (Å²) < 4.78 is 11.6. The lowest BCUT2D eigenvalue weighted by atomic mass is 9.48. The van der Waals surface area contributed by atoms with E-state index in [1.54, 1.807) is 0 Å². The summed E-state index contributed by atoms with van der Waals surface area (Å²) >= 11 is 0. The topological polar surface area (TPSA) is 52.6 Å². The molecule has 28 heavy (non-hydrogen) atoms. The second-order valence-electron chi connectivity index (χ2n) is 9.47. The van der Waals surface area contributed by atoms with Crippen molar-refractivity contribution in [3.05, 3.63) is 47.3 Å². The summed E-state index contributed by atoms with van der Waals surface area (Å²) in [6, 6.07) is 0. The molecule has 4 heteroatoms. The Labute approximate surface area is 167 Å². The minimum atomic E-state index is -0.334. The van der Waals surface area contributed by atoms with Crippen LogP contribution in [0.2, 0.25) is 0 Å². The number of ether oxygens (including phenoxy) is 2. The van der Waals surface area contributed by atoms with Crippen molar-refractivity contribution in [3.63, 3.8) is 0 Å². The van der Waals surface area contributed by atoms with E-state index in [4.69, 9.17) is 9.47 Å². The lowest BCUT2D eigenvalue weighted by molar-refractivity contribution is -0.146. The van der Waals surface area contributed by atoms with Crippen LogP contribution >= 0.6 is 0 Å². The van der Waals surface area contributed by atoms with Gasteiger partial charge in [0.05, 0.1) is 13.0 Å². The molecule has 0 amide bonds. The summed E-state index contributed by atoms with van der Waals surface area (Å²) in [6.45, 7) is 9.33. The molecule has 0 saturated heterocycles. The highest BCUT2D eigenvalue weighted by Gasteiger charge is 2.55. The molecule has 1 saturated carbocycles. The van der Waals surface area contributed by atoms with Crippen molar-refractivity contribution in [2.45, 2.75) is 59.5 Å². The van der Waals surface area contributed by atoms with Gasteiger partial charge in [0.1, 0.15) is 17.6 Å². The molecule has 4 aliphatic rings. The average molecular weight is 383 g/mol. The molecule has 0 N–H and O–H groups in total. The van der Waals surface area contributed by atoms with Gasteiger partial charge < -0.3 is 9.47 Å². The summed E-state index contributed by atoms with van der Waals surface area (Å²) in [7, 11) is 0. The van der Waals surface area contributed by atoms with Gasteiger partial charge in [0.25, 0.3) is 0 Å². The summed E-state index contributed by atoms with van der Waals surface area (Å²) in [5.74, 6) is 1.55. The first-order valence-corrected chi connectivity index (χ1v) is 10.3. The third-order valence-corrected chi connectivity index (χ3v) is 7.56. The first kappa shape index (κ1) is 19.2. The van der Waals surface area contributed by atoms with Crippen LogP contribution in [0.3, 0.4) is 0 Å². The van der Waals surface area contributed by atoms with Crippen LogP contribution in [0.5, 0.6) is 0 Å². The van der Waals surface area contributed by atoms with Crippen molar-refractivity contribution < 1.29 is 19.1 Å². The Bertz CT molecular complexity index is 826. The molecule has 1 fully saturated rings. The first-order chi connectivity index (χ1) is 13.2. The number of Topliss-reactive ketones (excluding diaryl/α,β-unsaturated/α-hetero) is 1. The van der Waals surface area contributed by atoms with Crippen LogP contribution in [0, 0.1) is 22.7 Å². The van der Waals surface area contributed by atoms with Crippen molar-refractivity contribution in [1.82, 2.24) is 0 Å². The lowest BCUT2D eigenvalue weighted by Gasteiger charge is -2.55. The number of ketones is 1. The fourth-order valence-electron chi connectivity index (χ4n) is 5.69. The van der Waals surface area contributed by atoms with E-state index in [0.717, 1.165) is 24.2 Å². The van der Waals surface area contributed by atoms with Crippen molar-refractivity contribution in [2.24, 2.45) is 22.7 Å². The molecule has 4 rings (SSSR count). The molecule has 1 heterocycles. The number of carbonyl (C=O) groups excluding carboxylic acids is 2. The maximum absolute atomic E-state index is 12.5. The minimum absolute atomic E-state index is 0.0531. The Kier molecular flexibility index (Phi) is 4.64. The van der Waals surface area contributed by atoms with Crippen LogP contribution in [-0.4, -0.2) is 24.5 Å². The Morgan fingerprint density at radius 2 is 1.96 bits per heavy atom. The number of hydrogen-bond donors (Lipinski definition) is 0. The fraction of sp³-hybridized carbons (Fsp3) is 0.583. The van der Waals surface area contributed by atoms with Crippen LogP contribution in [0.1, 0.15) is 53.4 Å². The van der Waals surface area contributed by atoms with E-state index >= 15 is 0 Å². The van der Waals surface area contributed by atoms with Crippen LogP contribution in [0.25, 0.3) is 0 Å². The highest BCUT2D eigenvalue weighted by molar-refractivity contribution is 5.85. The SMILES string of the molecule is CC1=CC[C@@H]2C(C)(C)C(=O)CC[C@@]2(C)[C@@H]1COC1=C[C@H]2OC(=O)CC=C2C=C1. The number of rotatable bonds is 3. The van der Waals surface area contributed by atoms with E-state index in [1.165, 1.54) is 5.57 Å². The van der Waals surface area contributed by atoms with E-state index in [2.05, 4.69) is 33.8 Å². The number of carbonyl (C=O) groups is 2. The number of fused-ring (bicyclic) bond motifs is 2. The highest BCUT2D eigenvalue weighted by Crippen LogP contribution is 2.58. The molecule has 0 aromatic carbocycles. The molecule has 0 bridgehead atoms. The van der Waals surface area contributed by atoms with Crippen LogP contribution in [0.15, 0.2) is 47.3 Å². The summed E-state index contributed by atoms with van der Waals surface area (Å²) in [5, 5.41) is 0. The minimum Gasteiger partial charge on any atom is -0.493 e. The molecule has 0 unspecified atom stereocenters. The van der Waals surface area contributed by atoms with E-state index in [1.807, 2.05) is 24.3 Å². The van der Waals surface area contributed by atoms with Gasteiger partial charge in [0, 0.05) is 23.8 Å². The standard InChI is InChI=1S/C24H30O4/c1-15-5-9-20-23(2,3)21(25)11-12-24(20,4)18(15)14-27-17-8-6-16-7-10-22(26)28-19(16)13-17/h5-8,13,18-20H,9-12,14H2,1-4H3/t18-,19-,20-,24+/m1/s1. The smallest absolute Gasteiger partial charge is 0.310 e. The quantitative estimate of drug-likeness (QED) is 0.525. The van der Waals surface area contributed by atoms with Crippen LogP contribution in [0.4, 0.5) is 0 Å². The molecule has 150 valence electrons. The van der Waals surface area contributed by atoms with Gasteiger partial charge in [-0.1, -0.05) is 44.6 Å². The summed E-state index contributed by atoms with van der Waals surface area (Å²) in [5.41, 5.74) is 2.13.